The van der Waals surface area contributed by atoms with Crippen molar-refractivity contribution >= 4 is 35.0 Å². The zero-order valence-corrected chi connectivity index (χ0v) is 17.4. The molecule has 1 fully saturated rings. The molecule has 1 aromatic heterocycles. The highest BCUT2D eigenvalue weighted by molar-refractivity contribution is 7.99. The highest BCUT2D eigenvalue weighted by Crippen LogP contribution is 2.33. The molecule has 0 radical (unpaired) electrons. The summed E-state index contributed by atoms with van der Waals surface area (Å²) in [6.07, 6.45) is 1.09. The Morgan fingerprint density at radius 1 is 1.25 bits per heavy atom. The number of rotatable bonds is 4. The van der Waals surface area contributed by atoms with E-state index < -0.39 is 0 Å². The summed E-state index contributed by atoms with van der Waals surface area (Å²) in [6, 6.07) is 9.28. The van der Waals surface area contributed by atoms with Crippen LogP contribution in [0.3, 0.4) is 0 Å². The smallest absolute Gasteiger partial charge is 0.254 e. The third kappa shape index (κ3) is 3.78. The summed E-state index contributed by atoms with van der Waals surface area (Å²) in [5, 5.41) is 1.48. The number of nitrogens with zero attached hydrogens (tertiary/aromatic N) is 4. The summed E-state index contributed by atoms with van der Waals surface area (Å²) in [4.78, 5) is 34.0. The average Bonchev–Trinajstić information content (AvgIpc) is 3.11. The van der Waals surface area contributed by atoms with Crippen LogP contribution in [0.15, 0.2) is 40.3 Å². The Balaban J connectivity index is 1.39. The Bertz CT molecular complexity index is 940. The fraction of sp³-hybridized carbons (Fsp3) is 0.450. The second-order valence-electron chi connectivity index (χ2n) is 7.08. The van der Waals surface area contributed by atoms with Gasteiger partial charge in [-0.1, -0.05) is 42.4 Å². The number of benzene rings is 1. The number of piperazine rings is 1. The molecular weight excluding hydrogens is 396 g/mol. The maximum atomic E-state index is 12.8. The molecule has 0 aliphatic carbocycles. The number of hydrogen-bond acceptors (Lipinski definition) is 5. The normalized spacial score (nSPS) is 19.0. The van der Waals surface area contributed by atoms with Crippen LogP contribution >= 0.6 is 23.4 Å². The average molecular weight is 419 g/mol. The third-order valence-electron chi connectivity index (χ3n) is 5.34. The molecule has 6 nitrogen and oxygen atoms in total. The molecule has 8 heteroatoms. The summed E-state index contributed by atoms with van der Waals surface area (Å²) < 4.78 is 1.70. The fourth-order valence-corrected chi connectivity index (χ4v) is 5.19. The van der Waals surface area contributed by atoms with E-state index >= 15 is 0 Å². The molecule has 3 heterocycles. The van der Waals surface area contributed by atoms with Crippen LogP contribution in [0.4, 0.5) is 5.69 Å². The van der Waals surface area contributed by atoms with Gasteiger partial charge in [0.25, 0.3) is 5.56 Å². The van der Waals surface area contributed by atoms with E-state index in [0.29, 0.717) is 19.5 Å². The highest BCUT2D eigenvalue weighted by atomic mass is 35.5. The minimum Gasteiger partial charge on any atom is -0.367 e. The first-order chi connectivity index (χ1) is 13.6. The van der Waals surface area contributed by atoms with Crippen molar-refractivity contribution in [2.45, 2.75) is 31.0 Å². The molecule has 0 spiro atoms. The molecule has 2 aliphatic rings. The van der Waals surface area contributed by atoms with Crippen LogP contribution in [0.2, 0.25) is 5.02 Å². The number of anilines is 1. The standard InChI is InChI=1S/C20H23ClN4O2S/c1-2-14-11-19(27)25-15(13-28-20(25)22-14)12-18(26)24-9-7-23(8-10-24)17-6-4-3-5-16(17)21/h3-6,11,15H,2,7-10,12-13H2,1H3. The number of halogens is 1. The van der Waals surface area contributed by atoms with Crippen molar-refractivity contribution in [2.75, 3.05) is 36.8 Å². The van der Waals surface area contributed by atoms with Gasteiger partial charge in [0, 0.05) is 50.1 Å². The van der Waals surface area contributed by atoms with Gasteiger partial charge in [-0.05, 0) is 18.6 Å². The minimum atomic E-state index is -0.111. The highest BCUT2D eigenvalue weighted by Gasteiger charge is 2.30. The lowest BCUT2D eigenvalue weighted by molar-refractivity contribution is -0.132. The van der Waals surface area contributed by atoms with Crippen LogP contribution < -0.4 is 10.5 Å². The molecule has 28 heavy (non-hydrogen) atoms. The summed E-state index contributed by atoms with van der Waals surface area (Å²) in [7, 11) is 0. The quantitative estimate of drug-likeness (QED) is 0.714. The van der Waals surface area contributed by atoms with Gasteiger partial charge < -0.3 is 9.80 Å². The summed E-state index contributed by atoms with van der Waals surface area (Å²) in [6.45, 7) is 4.83. The van der Waals surface area contributed by atoms with Crippen LogP contribution in [0.1, 0.15) is 25.1 Å². The molecule has 0 saturated carbocycles. The van der Waals surface area contributed by atoms with Gasteiger partial charge in [0.15, 0.2) is 5.16 Å². The maximum absolute atomic E-state index is 12.8. The van der Waals surface area contributed by atoms with Crippen LogP contribution in [0, 0.1) is 0 Å². The van der Waals surface area contributed by atoms with Gasteiger partial charge in [-0.15, -0.1) is 0 Å². The summed E-state index contributed by atoms with van der Waals surface area (Å²) in [5.41, 5.74) is 1.78. The van der Waals surface area contributed by atoms with Crippen molar-refractivity contribution in [3.8, 4) is 0 Å². The van der Waals surface area contributed by atoms with E-state index in [1.54, 1.807) is 22.4 Å². The van der Waals surface area contributed by atoms with Gasteiger partial charge in [-0.25, -0.2) is 4.98 Å². The SMILES string of the molecule is CCc1cc(=O)n2c(n1)SCC2CC(=O)N1CCN(c2ccccc2Cl)CC1. The van der Waals surface area contributed by atoms with E-state index in [0.717, 1.165) is 46.8 Å². The Morgan fingerprint density at radius 3 is 2.71 bits per heavy atom. The van der Waals surface area contributed by atoms with E-state index in [1.807, 2.05) is 36.1 Å². The van der Waals surface area contributed by atoms with Crippen LogP contribution in [-0.2, 0) is 11.2 Å². The van der Waals surface area contributed by atoms with Gasteiger partial charge in [0.1, 0.15) is 0 Å². The zero-order chi connectivity index (χ0) is 19.7. The largest absolute Gasteiger partial charge is 0.367 e. The van der Waals surface area contributed by atoms with Crippen molar-refractivity contribution < 1.29 is 4.79 Å². The molecule has 0 N–H and O–H groups in total. The first kappa shape index (κ1) is 19.3. The molecular formula is C20H23ClN4O2S. The molecule has 1 amide bonds. The number of para-hydroxylation sites is 1. The summed E-state index contributed by atoms with van der Waals surface area (Å²) >= 11 is 7.86. The topological polar surface area (TPSA) is 58.4 Å². The first-order valence-electron chi connectivity index (χ1n) is 9.59. The van der Waals surface area contributed by atoms with Crippen LogP contribution in [0.5, 0.6) is 0 Å². The second kappa shape index (κ2) is 8.17. The van der Waals surface area contributed by atoms with E-state index in [1.165, 1.54) is 0 Å². The van der Waals surface area contributed by atoms with Crippen molar-refractivity contribution in [3.05, 3.63) is 51.4 Å². The van der Waals surface area contributed by atoms with Crippen LogP contribution in [-0.4, -0.2) is 52.3 Å². The number of amides is 1. The molecule has 1 aromatic carbocycles. The van der Waals surface area contributed by atoms with Gasteiger partial charge in [-0.3, -0.25) is 14.2 Å². The van der Waals surface area contributed by atoms with Crippen molar-refractivity contribution in [2.24, 2.45) is 0 Å². The summed E-state index contributed by atoms with van der Waals surface area (Å²) in [5.74, 6) is 0.824. The first-order valence-corrected chi connectivity index (χ1v) is 11.0. The minimum absolute atomic E-state index is 0.0480. The fourth-order valence-electron chi connectivity index (χ4n) is 3.77. The lowest BCUT2D eigenvalue weighted by atomic mass is 10.1. The van der Waals surface area contributed by atoms with E-state index in [9.17, 15) is 9.59 Å². The third-order valence-corrected chi connectivity index (χ3v) is 6.76. The number of fused-ring (bicyclic) bond motifs is 1. The number of aromatic nitrogens is 2. The number of carbonyl (C=O) groups excluding carboxylic acids is 1. The van der Waals surface area contributed by atoms with Gasteiger partial charge in [0.05, 0.1) is 16.8 Å². The zero-order valence-electron chi connectivity index (χ0n) is 15.8. The Kier molecular flexibility index (Phi) is 5.64. The molecule has 1 unspecified atom stereocenters. The van der Waals surface area contributed by atoms with E-state index in [4.69, 9.17) is 11.6 Å². The van der Waals surface area contributed by atoms with E-state index in [-0.39, 0.29) is 17.5 Å². The van der Waals surface area contributed by atoms with Gasteiger partial charge in [0.2, 0.25) is 5.91 Å². The predicted octanol–water partition coefficient (Wildman–Crippen LogP) is 2.84. The number of aryl methyl sites for hydroxylation is 1. The van der Waals surface area contributed by atoms with Crippen molar-refractivity contribution in [1.29, 1.82) is 0 Å². The molecule has 4 rings (SSSR count). The Morgan fingerprint density at radius 2 is 2.00 bits per heavy atom. The molecule has 2 aromatic rings. The molecule has 2 aliphatic heterocycles. The molecule has 0 bridgehead atoms. The lowest BCUT2D eigenvalue weighted by Crippen LogP contribution is -2.49. The monoisotopic (exact) mass is 418 g/mol. The molecule has 1 saturated heterocycles. The predicted molar refractivity (Wildman–Crippen MR) is 112 cm³/mol. The van der Waals surface area contributed by atoms with Crippen molar-refractivity contribution in [3.63, 3.8) is 0 Å². The van der Waals surface area contributed by atoms with Crippen LogP contribution in [0.25, 0.3) is 0 Å². The van der Waals surface area contributed by atoms with Crippen molar-refractivity contribution in [1.82, 2.24) is 14.5 Å². The Labute approximate surface area is 173 Å². The number of carbonyl (C=O) groups is 1. The van der Waals surface area contributed by atoms with E-state index in [2.05, 4.69) is 9.88 Å². The second-order valence-corrected chi connectivity index (χ2v) is 8.47. The number of hydrogen-bond donors (Lipinski definition) is 0. The lowest BCUT2D eigenvalue weighted by Gasteiger charge is -2.37. The maximum Gasteiger partial charge on any atom is 0.254 e. The molecule has 1 atom stereocenters. The molecule has 148 valence electrons. The van der Waals surface area contributed by atoms with Gasteiger partial charge >= 0.3 is 0 Å². The Hall–Kier alpha value is -1.99. The van der Waals surface area contributed by atoms with Gasteiger partial charge in [-0.2, -0.15) is 0 Å². The number of thioether (sulfide) groups is 1.